The fourth-order valence-corrected chi connectivity index (χ4v) is 2.53. The van der Waals surface area contributed by atoms with Crippen LogP contribution >= 0.6 is 0 Å². The first-order chi connectivity index (χ1) is 12.1. The molecular weight excluding hydrogens is 319 g/mol. The molecule has 25 heavy (non-hydrogen) atoms. The molecule has 0 saturated heterocycles. The molecular formula is C19H19FN4O. The van der Waals surface area contributed by atoms with Crippen LogP contribution < -0.4 is 5.32 Å². The molecule has 5 nitrogen and oxygen atoms in total. The zero-order valence-corrected chi connectivity index (χ0v) is 13.9. The summed E-state index contributed by atoms with van der Waals surface area (Å²) in [5, 5.41) is 7.08. The third-order valence-corrected chi connectivity index (χ3v) is 3.92. The molecule has 0 saturated carbocycles. The van der Waals surface area contributed by atoms with Gasteiger partial charge in [0.25, 0.3) is 0 Å². The molecule has 0 radical (unpaired) electrons. The Kier molecular flexibility index (Phi) is 5.18. The third kappa shape index (κ3) is 4.50. The quantitative estimate of drug-likeness (QED) is 0.752. The van der Waals surface area contributed by atoms with Gasteiger partial charge in [-0.15, -0.1) is 0 Å². The summed E-state index contributed by atoms with van der Waals surface area (Å²) in [7, 11) is 0. The maximum atomic E-state index is 12.9. The zero-order valence-electron chi connectivity index (χ0n) is 13.9. The lowest BCUT2D eigenvalue weighted by Crippen LogP contribution is -2.29. The van der Waals surface area contributed by atoms with Gasteiger partial charge in [-0.2, -0.15) is 5.10 Å². The number of hydrogen-bond acceptors (Lipinski definition) is 3. The highest BCUT2D eigenvalue weighted by molar-refractivity contribution is 5.78. The Labute approximate surface area is 145 Å². The minimum absolute atomic E-state index is 0.0400. The Bertz CT molecular complexity index is 831. The van der Waals surface area contributed by atoms with Gasteiger partial charge in [-0.3, -0.25) is 4.79 Å². The summed E-state index contributed by atoms with van der Waals surface area (Å²) in [6, 6.07) is 11.8. The molecule has 0 aliphatic rings. The van der Waals surface area contributed by atoms with Crippen molar-refractivity contribution in [1.82, 2.24) is 20.1 Å². The van der Waals surface area contributed by atoms with Crippen LogP contribution in [0.15, 0.2) is 61.1 Å². The van der Waals surface area contributed by atoms with Crippen LogP contribution in [-0.4, -0.2) is 20.7 Å². The second-order valence-electron chi connectivity index (χ2n) is 5.92. The van der Waals surface area contributed by atoms with Gasteiger partial charge in [-0.25, -0.2) is 14.1 Å². The SMILES string of the molecule is C[C@H](Cc1ccc(F)cc1)C(=O)NCc1ccnc(-n2cccn2)c1. The van der Waals surface area contributed by atoms with Crippen LogP contribution in [0.5, 0.6) is 0 Å². The van der Waals surface area contributed by atoms with Crippen molar-refractivity contribution in [1.29, 1.82) is 0 Å². The Hall–Kier alpha value is -3.02. The molecule has 0 aliphatic heterocycles. The van der Waals surface area contributed by atoms with Crippen molar-refractivity contribution < 1.29 is 9.18 Å². The maximum Gasteiger partial charge on any atom is 0.223 e. The van der Waals surface area contributed by atoms with Crippen LogP contribution in [0, 0.1) is 11.7 Å². The molecule has 0 fully saturated rings. The molecule has 3 rings (SSSR count). The fourth-order valence-electron chi connectivity index (χ4n) is 2.53. The van der Waals surface area contributed by atoms with E-state index in [1.807, 2.05) is 31.3 Å². The number of rotatable bonds is 6. The largest absolute Gasteiger partial charge is 0.352 e. The summed E-state index contributed by atoms with van der Waals surface area (Å²) in [6.07, 6.45) is 5.77. The summed E-state index contributed by atoms with van der Waals surface area (Å²) in [6.45, 7) is 2.28. The number of amides is 1. The van der Waals surface area contributed by atoms with E-state index in [2.05, 4.69) is 15.4 Å². The molecule has 0 aliphatic carbocycles. The van der Waals surface area contributed by atoms with Gasteiger partial charge in [0.1, 0.15) is 5.82 Å². The van der Waals surface area contributed by atoms with Crippen LogP contribution in [0.1, 0.15) is 18.1 Å². The van der Waals surface area contributed by atoms with Gasteiger partial charge in [-0.05, 0) is 47.9 Å². The number of benzene rings is 1. The average molecular weight is 338 g/mol. The van der Waals surface area contributed by atoms with Crippen molar-refractivity contribution >= 4 is 5.91 Å². The van der Waals surface area contributed by atoms with Gasteiger partial charge < -0.3 is 5.32 Å². The van der Waals surface area contributed by atoms with Gasteiger partial charge in [0.05, 0.1) is 0 Å². The van der Waals surface area contributed by atoms with E-state index < -0.39 is 0 Å². The smallest absolute Gasteiger partial charge is 0.223 e. The predicted octanol–water partition coefficient (Wildman–Crippen LogP) is 2.90. The number of carbonyl (C=O) groups is 1. The number of aromatic nitrogens is 3. The topological polar surface area (TPSA) is 59.8 Å². The van der Waals surface area contributed by atoms with E-state index in [-0.39, 0.29) is 17.6 Å². The van der Waals surface area contributed by atoms with E-state index in [0.29, 0.717) is 18.8 Å². The first-order valence-corrected chi connectivity index (χ1v) is 8.09. The zero-order chi connectivity index (χ0) is 17.6. The minimum Gasteiger partial charge on any atom is -0.352 e. The summed E-state index contributed by atoms with van der Waals surface area (Å²) in [5.41, 5.74) is 1.89. The van der Waals surface area contributed by atoms with Crippen LogP contribution in [0.2, 0.25) is 0 Å². The lowest BCUT2D eigenvalue weighted by Gasteiger charge is -2.13. The van der Waals surface area contributed by atoms with Crippen molar-refractivity contribution in [3.63, 3.8) is 0 Å². The molecule has 6 heteroatoms. The molecule has 1 aromatic carbocycles. The van der Waals surface area contributed by atoms with Crippen LogP contribution in [-0.2, 0) is 17.8 Å². The number of halogens is 1. The van der Waals surface area contributed by atoms with Crippen LogP contribution in [0.4, 0.5) is 4.39 Å². The van der Waals surface area contributed by atoms with Gasteiger partial charge in [0.2, 0.25) is 5.91 Å². The van der Waals surface area contributed by atoms with E-state index in [0.717, 1.165) is 11.1 Å². The van der Waals surface area contributed by atoms with Crippen molar-refractivity contribution in [2.45, 2.75) is 19.9 Å². The Balaban J connectivity index is 1.56. The average Bonchev–Trinajstić information content (AvgIpc) is 3.16. The van der Waals surface area contributed by atoms with Gasteiger partial charge in [0, 0.05) is 31.1 Å². The van der Waals surface area contributed by atoms with Crippen molar-refractivity contribution in [2.24, 2.45) is 5.92 Å². The molecule has 2 heterocycles. The number of carbonyl (C=O) groups excluding carboxylic acids is 1. The van der Waals surface area contributed by atoms with Gasteiger partial charge in [-0.1, -0.05) is 19.1 Å². The van der Waals surface area contributed by atoms with E-state index >= 15 is 0 Å². The fraction of sp³-hybridized carbons (Fsp3) is 0.211. The highest BCUT2D eigenvalue weighted by Gasteiger charge is 2.13. The number of nitrogens with zero attached hydrogens (tertiary/aromatic N) is 3. The Morgan fingerprint density at radius 3 is 2.72 bits per heavy atom. The number of pyridine rings is 1. The summed E-state index contributed by atoms with van der Waals surface area (Å²) < 4.78 is 14.6. The standard InChI is InChI=1S/C19H19FN4O/c1-14(11-15-3-5-17(20)6-4-15)19(25)22-13-16-7-9-21-18(12-16)24-10-2-8-23-24/h2-10,12,14H,11,13H2,1H3,(H,22,25)/t14-/m1/s1. The third-order valence-electron chi connectivity index (χ3n) is 3.92. The molecule has 0 unspecified atom stereocenters. The molecule has 0 bridgehead atoms. The summed E-state index contributed by atoms with van der Waals surface area (Å²) in [4.78, 5) is 16.5. The van der Waals surface area contributed by atoms with E-state index in [1.54, 1.807) is 29.2 Å². The first-order valence-electron chi connectivity index (χ1n) is 8.09. The highest BCUT2D eigenvalue weighted by atomic mass is 19.1. The second kappa shape index (κ2) is 7.70. The van der Waals surface area contributed by atoms with Gasteiger partial charge >= 0.3 is 0 Å². The summed E-state index contributed by atoms with van der Waals surface area (Å²) >= 11 is 0. The lowest BCUT2D eigenvalue weighted by atomic mass is 10.0. The van der Waals surface area contributed by atoms with Crippen molar-refractivity contribution in [3.05, 3.63) is 78.0 Å². The highest BCUT2D eigenvalue weighted by Crippen LogP contribution is 2.11. The number of nitrogens with one attached hydrogen (secondary N) is 1. The molecule has 3 aromatic rings. The Morgan fingerprint density at radius 2 is 2.00 bits per heavy atom. The maximum absolute atomic E-state index is 12.9. The van der Waals surface area contributed by atoms with E-state index in [9.17, 15) is 9.18 Å². The monoisotopic (exact) mass is 338 g/mol. The molecule has 0 spiro atoms. The lowest BCUT2D eigenvalue weighted by molar-refractivity contribution is -0.124. The normalized spacial score (nSPS) is 11.9. The number of hydrogen-bond donors (Lipinski definition) is 1. The molecule has 128 valence electrons. The van der Waals surface area contributed by atoms with Crippen molar-refractivity contribution in [3.8, 4) is 5.82 Å². The molecule has 2 aromatic heterocycles. The van der Waals surface area contributed by atoms with Crippen LogP contribution in [0.3, 0.4) is 0 Å². The van der Waals surface area contributed by atoms with E-state index in [1.165, 1.54) is 12.1 Å². The predicted molar refractivity (Wildman–Crippen MR) is 92.5 cm³/mol. The molecule has 1 N–H and O–H groups in total. The van der Waals surface area contributed by atoms with Crippen LogP contribution in [0.25, 0.3) is 5.82 Å². The summed E-state index contributed by atoms with van der Waals surface area (Å²) in [5.74, 6) is 0.197. The second-order valence-corrected chi connectivity index (χ2v) is 5.92. The van der Waals surface area contributed by atoms with Gasteiger partial charge in [0.15, 0.2) is 5.82 Å². The van der Waals surface area contributed by atoms with E-state index in [4.69, 9.17) is 0 Å². The molecule has 1 atom stereocenters. The van der Waals surface area contributed by atoms with Crippen molar-refractivity contribution in [2.75, 3.05) is 0 Å². The Morgan fingerprint density at radius 1 is 1.20 bits per heavy atom. The first kappa shape index (κ1) is 16.8. The minimum atomic E-state index is -0.272. The molecule has 1 amide bonds.